The fraction of sp³-hybridized carbons (Fsp3) is 0.300. The quantitative estimate of drug-likeness (QED) is 0.600. The maximum Gasteiger partial charge on any atom is 0.387 e. The van der Waals surface area contributed by atoms with Crippen molar-refractivity contribution < 1.29 is 22.7 Å². The van der Waals surface area contributed by atoms with Crippen molar-refractivity contribution in [3.05, 3.63) is 53.8 Å². The molecule has 2 aromatic carbocycles. The number of thiazole rings is 1. The van der Waals surface area contributed by atoms with Gasteiger partial charge in [-0.2, -0.15) is 8.78 Å². The molecule has 0 aliphatic heterocycles. The van der Waals surface area contributed by atoms with Crippen LogP contribution in [0.25, 0.3) is 10.2 Å². The number of amides is 1. The summed E-state index contributed by atoms with van der Waals surface area (Å²) >= 11 is 1.35. The molecule has 0 radical (unpaired) electrons. The molecule has 0 spiro atoms. The molecule has 0 bridgehead atoms. The van der Waals surface area contributed by atoms with Crippen LogP contribution in [-0.2, 0) is 0 Å². The van der Waals surface area contributed by atoms with Gasteiger partial charge in [0.05, 0.1) is 15.8 Å². The van der Waals surface area contributed by atoms with Gasteiger partial charge in [-0.1, -0.05) is 23.5 Å². The summed E-state index contributed by atoms with van der Waals surface area (Å²) in [5, 5.41) is 6.89. The second kappa shape index (κ2) is 8.28. The molecule has 1 heterocycles. The molecule has 152 valence electrons. The van der Waals surface area contributed by atoms with Crippen LogP contribution in [0.15, 0.2) is 42.5 Å². The molecular formula is C20H18F3N3O2S. The van der Waals surface area contributed by atoms with Gasteiger partial charge in [0.1, 0.15) is 11.6 Å². The molecule has 4 rings (SSSR count). The molecule has 29 heavy (non-hydrogen) atoms. The largest absolute Gasteiger partial charge is 0.434 e. The van der Waals surface area contributed by atoms with E-state index in [1.807, 2.05) is 0 Å². The molecule has 2 unspecified atom stereocenters. The van der Waals surface area contributed by atoms with E-state index in [-0.39, 0.29) is 29.2 Å². The normalized spacial score (nSPS) is 18.9. The zero-order valence-corrected chi connectivity index (χ0v) is 16.0. The SMILES string of the molecule is O=C(NC1CCCC1Nc1nc2ccc(F)cc2s1)c1ccccc1OC(F)F. The molecule has 1 aliphatic rings. The summed E-state index contributed by atoms with van der Waals surface area (Å²) in [7, 11) is 0. The number of benzene rings is 2. The van der Waals surface area contributed by atoms with E-state index in [9.17, 15) is 18.0 Å². The van der Waals surface area contributed by atoms with Crippen molar-refractivity contribution >= 4 is 32.6 Å². The molecule has 1 aliphatic carbocycles. The Balaban J connectivity index is 1.46. The van der Waals surface area contributed by atoms with E-state index in [1.54, 1.807) is 12.1 Å². The minimum Gasteiger partial charge on any atom is -0.434 e. The van der Waals surface area contributed by atoms with Crippen molar-refractivity contribution in [2.45, 2.75) is 38.0 Å². The lowest BCUT2D eigenvalue weighted by Crippen LogP contribution is -2.43. The summed E-state index contributed by atoms with van der Waals surface area (Å²) in [6, 6.07) is 10.1. The maximum absolute atomic E-state index is 13.4. The summed E-state index contributed by atoms with van der Waals surface area (Å²) in [4.78, 5) is 17.1. The molecule has 1 amide bonds. The number of rotatable bonds is 6. The highest BCUT2D eigenvalue weighted by atomic mass is 32.1. The van der Waals surface area contributed by atoms with E-state index in [0.29, 0.717) is 10.6 Å². The van der Waals surface area contributed by atoms with E-state index in [0.717, 1.165) is 24.0 Å². The number of halogens is 3. The van der Waals surface area contributed by atoms with Gasteiger partial charge >= 0.3 is 6.61 Å². The van der Waals surface area contributed by atoms with Gasteiger partial charge in [0.2, 0.25) is 0 Å². The summed E-state index contributed by atoms with van der Waals surface area (Å²) < 4.78 is 43.8. The minimum atomic E-state index is -3.01. The van der Waals surface area contributed by atoms with Gasteiger partial charge in [-0.15, -0.1) is 0 Å². The first kappa shape index (κ1) is 19.5. The second-order valence-corrected chi connectivity index (χ2v) is 7.80. The number of nitrogens with zero attached hydrogens (tertiary/aromatic N) is 1. The molecule has 0 saturated heterocycles. The van der Waals surface area contributed by atoms with E-state index in [1.165, 1.54) is 41.7 Å². The molecule has 3 aromatic rings. The Morgan fingerprint density at radius 3 is 2.79 bits per heavy atom. The van der Waals surface area contributed by atoms with Crippen LogP contribution in [0.3, 0.4) is 0 Å². The number of aromatic nitrogens is 1. The predicted molar refractivity (Wildman–Crippen MR) is 105 cm³/mol. The topological polar surface area (TPSA) is 63.2 Å². The van der Waals surface area contributed by atoms with E-state index in [2.05, 4.69) is 20.4 Å². The van der Waals surface area contributed by atoms with Gasteiger partial charge in [-0.25, -0.2) is 9.37 Å². The first-order valence-electron chi connectivity index (χ1n) is 9.17. The van der Waals surface area contributed by atoms with Crippen molar-refractivity contribution in [3.8, 4) is 5.75 Å². The highest BCUT2D eigenvalue weighted by molar-refractivity contribution is 7.22. The molecule has 5 nitrogen and oxygen atoms in total. The summed E-state index contributed by atoms with van der Waals surface area (Å²) in [6.07, 6.45) is 2.47. The van der Waals surface area contributed by atoms with E-state index < -0.39 is 12.5 Å². The highest BCUT2D eigenvalue weighted by Crippen LogP contribution is 2.30. The van der Waals surface area contributed by atoms with Gasteiger partial charge in [-0.05, 0) is 49.6 Å². The number of ether oxygens (including phenoxy) is 1. The maximum atomic E-state index is 13.4. The number of fused-ring (bicyclic) bond motifs is 1. The van der Waals surface area contributed by atoms with Crippen LogP contribution >= 0.6 is 11.3 Å². The van der Waals surface area contributed by atoms with Gasteiger partial charge in [-0.3, -0.25) is 4.79 Å². The monoisotopic (exact) mass is 421 g/mol. The number of alkyl halides is 2. The molecule has 1 saturated carbocycles. The summed E-state index contributed by atoms with van der Waals surface area (Å²) in [5.74, 6) is -0.939. The predicted octanol–water partition coefficient (Wildman–Crippen LogP) is 4.80. The number of carbonyl (C=O) groups is 1. The average Bonchev–Trinajstić information content (AvgIpc) is 3.27. The molecule has 1 fully saturated rings. The molecule has 2 N–H and O–H groups in total. The fourth-order valence-electron chi connectivity index (χ4n) is 3.52. The van der Waals surface area contributed by atoms with E-state index in [4.69, 9.17) is 0 Å². The summed E-state index contributed by atoms with van der Waals surface area (Å²) in [6.45, 7) is -3.01. The molecular weight excluding hydrogens is 403 g/mol. The zero-order chi connectivity index (χ0) is 20.4. The first-order chi connectivity index (χ1) is 14.0. The summed E-state index contributed by atoms with van der Waals surface area (Å²) in [5.41, 5.74) is 0.768. The number of hydrogen-bond acceptors (Lipinski definition) is 5. The molecule has 2 atom stereocenters. The Morgan fingerprint density at radius 1 is 1.17 bits per heavy atom. The number of hydrogen-bond donors (Lipinski definition) is 2. The third kappa shape index (κ3) is 4.45. The third-order valence-electron chi connectivity index (χ3n) is 4.84. The third-order valence-corrected chi connectivity index (χ3v) is 5.79. The Kier molecular flexibility index (Phi) is 5.57. The smallest absolute Gasteiger partial charge is 0.387 e. The standard InChI is InChI=1S/C20H18F3N3O2S/c21-11-8-9-15-17(10-11)29-20(26-15)25-14-6-3-5-13(14)24-18(27)12-4-1-2-7-16(12)28-19(22)23/h1-2,4,7-10,13-14,19H,3,5-6H2,(H,24,27)(H,25,26). The van der Waals surface area contributed by atoms with Crippen molar-refractivity contribution in [1.82, 2.24) is 10.3 Å². The zero-order valence-electron chi connectivity index (χ0n) is 15.2. The highest BCUT2D eigenvalue weighted by Gasteiger charge is 2.30. The van der Waals surface area contributed by atoms with Gasteiger partial charge < -0.3 is 15.4 Å². The van der Waals surface area contributed by atoms with Gasteiger partial charge in [0, 0.05) is 12.1 Å². The Hall–Kier alpha value is -2.81. The Bertz CT molecular complexity index is 1030. The Morgan fingerprint density at radius 2 is 1.97 bits per heavy atom. The molecule has 1 aromatic heterocycles. The van der Waals surface area contributed by atoms with Crippen LogP contribution in [0.4, 0.5) is 18.3 Å². The van der Waals surface area contributed by atoms with Crippen LogP contribution in [0.1, 0.15) is 29.6 Å². The van der Waals surface area contributed by atoms with Crippen molar-refractivity contribution in [2.75, 3.05) is 5.32 Å². The number of para-hydroxylation sites is 1. The second-order valence-electron chi connectivity index (χ2n) is 6.77. The van der Waals surface area contributed by atoms with Gasteiger partial charge in [0.15, 0.2) is 5.13 Å². The fourth-order valence-corrected chi connectivity index (χ4v) is 4.48. The Labute approximate surface area is 168 Å². The lowest BCUT2D eigenvalue weighted by molar-refractivity contribution is -0.0501. The van der Waals surface area contributed by atoms with Gasteiger partial charge in [0.25, 0.3) is 5.91 Å². The lowest BCUT2D eigenvalue weighted by Gasteiger charge is -2.22. The van der Waals surface area contributed by atoms with Crippen molar-refractivity contribution in [2.24, 2.45) is 0 Å². The van der Waals surface area contributed by atoms with Crippen LogP contribution in [0, 0.1) is 5.82 Å². The number of nitrogens with one attached hydrogen (secondary N) is 2. The number of carbonyl (C=O) groups excluding carboxylic acids is 1. The molecule has 9 heteroatoms. The minimum absolute atomic E-state index is 0.0625. The van der Waals surface area contributed by atoms with Crippen LogP contribution in [-0.4, -0.2) is 29.6 Å². The first-order valence-corrected chi connectivity index (χ1v) is 9.98. The number of anilines is 1. The lowest BCUT2D eigenvalue weighted by atomic mass is 10.1. The average molecular weight is 421 g/mol. The van der Waals surface area contributed by atoms with Crippen LogP contribution in [0.5, 0.6) is 5.75 Å². The van der Waals surface area contributed by atoms with E-state index >= 15 is 0 Å². The van der Waals surface area contributed by atoms with Crippen molar-refractivity contribution in [1.29, 1.82) is 0 Å². The van der Waals surface area contributed by atoms with Crippen LogP contribution in [0.2, 0.25) is 0 Å². The van der Waals surface area contributed by atoms with Crippen molar-refractivity contribution in [3.63, 3.8) is 0 Å². The van der Waals surface area contributed by atoms with Crippen LogP contribution < -0.4 is 15.4 Å².